The van der Waals surface area contributed by atoms with Gasteiger partial charge in [0, 0.05) is 25.3 Å². The normalized spacial score (nSPS) is 19.1. The van der Waals surface area contributed by atoms with Gasteiger partial charge in [-0.3, -0.25) is 0 Å². The molecule has 0 amide bonds. The first-order chi connectivity index (χ1) is 10.0. The number of rotatable bonds is 4. The second kappa shape index (κ2) is 5.92. The fourth-order valence-corrected chi connectivity index (χ4v) is 5.09. The van der Waals surface area contributed by atoms with Crippen LogP contribution in [0.2, 0.25) is 4.34 Å². The summed E-state index contributed by atoms with van der Waals surface area (Å²) in [5.74, 6) is 0.873. The van der Waals surface area contributed by atoms with Gasteiger partial charge in [-0.05, 0) is 30.7 Å². The Bertz CT molecular complexity index is 718. The highest BCUT2D eigenvalue weighted by atomic mass is 35.5. The van der Waals surface area contributed by atoms with Crippen molar-refractivity contribution < 1.29 is 8.42 Å². The zero-order valence-electron chi connectivity index (χ0n) is 11.1. The number of nitrogens with zero attached hydrogens (tertiary/aromatic N) is 2. The van der Waals surface area contributed by atoms with Gasteiger partial charge < -0.3 is 4.90 Å². The summed E-state index contributed by atoms with van der Waals surface area (Å²) in [5.41, 5.74) is 0. The van der Waals surface area contributed by atoms with Crippen LogP contribution in [0.3, 0.4) is 0 Å². The van der Waals surface area contributed by atoms with Crippen LogP contribution in [-0.4, -0.2) is 32.5 Å². The average molecular weight is 344 g/mol. The highest BCUT2D eigenvalue weighted by Crippen LogP contribution is 2.26. The highest BCUT2D eigenvalue weighted by molar-refractivity contribution is 7.91. The highest BCUT2D eigenvalue weighted by Gasteiger charge is 2.28. The monoisotopic (exact) mass is 343 g/mol. The molecule has 1 atom stereocenters. The molecule has 1 aliphatic rings. The predicted molar refractivity (Wildman–Crippen MR) is 84.5 cm³/mol. The summed E-state index contributed by atoms with van der Waals surface area (Å²) in [6.45, 7) is 1.41. The van der Waals surface area contributed by atoms with Crippen molar-refractivity contribution in [3.8, 4) is 0 Å². The predicted octanol–water partition coefficient (Wildman–Crippen LogP) is 2.35. The number of halogens is 1. The Hall–Kier alpha value is -1.15. The molecule has 0 radical (unpaired) electrons. The smallest absolute Gasteiger partial charge is 0.250 e. The minimum absolute atomic E-state index is 0.113. The molecule has 1 aliphatic heterocycles. The van der Waals surface area contributed by atoms with Crippen molar-refractivity contribution in [3.63, 3.8) is 0 Å². The first kappa shape index (κ1) is 14.8. The zero-order chi connectivity index (χ0) is 14.9. The fourth-order valence-electron chi connectivity index (χ4n) is 2.32. The van der Waals surface area contributed by atoms with E-state index in [1.807, 2.05) is 18.2 Å². The van der Waals surface area contributed by atoms with E-state index in [0.717, 1.165) is 30.1 Å². The maximum Gasteiger partial charge on any atom is 0.250 e. The molecule has 0 aliphatic carbocycles. The summed E-state index contributed by atoms with van der Waals surface area (Å²) < 4.78 is 28.0. The van der Waals surface area contributed by atoms with Crippen LogP contribution in [0.5, 0.6) is 0 Å². The minimum Gasteiger partial charge on any atom is -0.355 e. The fraction of sp³-hybridized carbons (Fsp3) is 0.308. The third-order valence-electron chi connectivity index (χ3n) is 3.30. The van der Waals surface area contributed by atoms with Crippen LogP contribution in [-0.2, 0) is 10.0 Å². The first-order valence-electron chi connectivity index (χ1n) is 6.48. The molecule has 0 bridgehead atoms. The Morgan fingerprint density at radius 1 is 1.33 bits per heavy atom. The van der Waals surface area contributed by atoms with Crippen LogP contribution in [0.1, 0.15) is 6.42 Å². The Balaban J connectivity index is 1.67. The van der Waals surface area contributed by atoms with Gasteiger partial charge in [0.1, 0.15) is 10.0 Å². The molecule has 1 saturated heterocycles. The van der Waals surface area contributed by atoms with Crippen LogP contribution in [0, 0.1) is 0 Å². The van der Waals surface area contributed by atoms with Crippen molar-refractivity contribution in [2.24, 2.45) is 0 Å². The molecule has 3 heterocycles. The molecule has 21 heavy (non-hydrogen) atoms. The average Bonchev–Trinajstić information content (AvgIpc) is 3.09. The van der Waals surface area contributed by atoms with Gasteiger partial charge in [-0.2, -0.15) is 0 Å². The Kier molecular flexibility index (Phi) is 4.17. The lowest BCUT2D eigenvalue weighted by Gasteiger charge is -2.17. The number of hydrogen-bond acceptors (Lipinski definition) is 5. The lowest BCUT2D eigenvalue weighted by molar-refractivity contribution is 0.563. The molecule has 0 unspecified atom stereocenters. The van der Waals surface area contributed by atoms with E-state index in [-0.39, 0.29) is 10.3 Å². The number of hydrogen-bond donors (Lipinski definition) is 1. The molecule has 5 nitrogen and oxygen atoms in total. The Morgan fingerprint density at radius 2 is 2.19 bits per heavy atom. The number of anilines is 1. The zero-order valence-corrected chi connectivity index (χ0v) is 13.5. The maximum absolute atomic E-state index is 12.3. The van der Waals surface area contributed by atoms with Crippen molar-refractivity contribution >= 4 is 38.8 Å². The van der Waals surface area contributed by atoms with E-state index in [9.17, 15) is 8.42 Å². The van der Waals surface area contributed by atoms with Crippen molar-refractivity contribution in [1.29, 1.82) is 0 Å². The molecule has 2 aromatic heterocycles. The number of pyridine rings is 1. The minimum atomic E-state index is -3.49. The van der Waals surface area contributed by atoms with Crippen molar-refractivity contribution in [2.45, 2.75) is 16.7 Å². The van der Waals surface area contributed by atoms with Crippen LogP contribution in [0.25, 0.3) is 0 Å². The van der Waals surface area contributed by atoms with Crippen molar-refractivity contribution in [2.75, 3.05) is 18.0 Å². The van der Waals surface area contributed by atoms with Crippen LogP contribution in [0.15, 0.2) is 40.7 Å². The summed E-state index contributed by atoms with van der Waals surface area (Å²) >= 11 is 6.86. The van der Waals surface area contributed by atoms with E-state index < -0.39 is 10.0 Å². The van der Waals surface area contributed by atoms with Crippen LogP contribution < -0.4 is 9.62 Å². The van der Waals surface area contributed by atoms with Crippen LogP contribution in [0.4, 0.5) is 5.82 Å². The Labute approximate surface area is 132 Å². The second-order valence-corrected chi connectivity index (χ2v) is 8.46. The topological polar surface area (TPSA) is 62.3 Å². The van der Waals surface area contributed by atoms with Gasteiger partial charge in [-0.1, -0.05) is 17.7 Å². The van der Waals surface area contributed by atoms with E-state index in [0.29, 0.717) is 10.9 Å². The number of nitrogens with one attached hydrogen (secondary N) is 1. The van der Waals surface area contributed by atoms with Crippen molar-refractivity contribution in [3.05, 3.63) is 40.9 Å². The summed E-state index contributed by atoms with van der Waals surface area (Å²) in [5, 5.41) is 0. The summed E-state index contributed by atoms with van der Waals surface area (Å²) in [7, 11) is -3.49. The third kappa shape index (κ3) is 3.37. The Morgan fingerprint density at radius 3 is 2.86 bits per heavy atom. The summed E-state index contributed by atoms with van der Waals surface area (Å²) in [6, 6.07) is 8.72. The van der Waals surface area contributed by atoms with Crippen molar-refractivity contribution in [1.82, 2.24) is 9.71 Å². The molecule has 0 saturated carbocycles. The molecular weight excluding hydrogens is 330 g/mol. The number of thiophene rings is 1. The van der Waals surface area contributed by atoms with Gasteiger partial charge in [0.15, 0.2) is 0 Å². The molecule has 3 rings (SSSR count). The van der Waals surface area contributed by atoms with Gasteiger partial charge in [0.05, 0.1) is 4.34 Å². The lowest BCUT2D eigenvalue weighted by atomic mass is 10.3. The van der Waals surface area contributed by atoms with Gasteiger partial charge in [-0.15, -0.1) is 11.3 Å². The molecule has 2 aromatic rings. The van der Waals surface area contributed by atoms with E-state index in [2.05, 4.69) is 14.6 Å². The number of aromatic nitrogens is 1. The number of sulfonamides is 1. The van der Waals surface area contributed by atoms with Gasteiger partial charge >= 0.3 is 0 Å². The molecule has 0 aromatic carbocycles. The van der Waals surface area contributed by atoms with Gasteiger partial charge in [0.2, 0.25) is 10.0 Å². The van der Waals surface area contributed by atoms with E-state index in [1.54, 1.807) is 12.3 Å². The van der Waals surface area contributed by atoms with E-state index >= 15 is 0 Å². The van der Waals surface area contributed by atoms with Gasteiger partial charge in [-0.25, -0.2) is 18.1 Å². The third-order valence-corrected chi connectivity index (χ3v) is 6.54. The summed E-state index contributed by atoms with van der Waals surface area (Å²) in [4.78, 5) is 6.36. The van der Waals surface area contributed by atoms with Crippen LogP contribution >= 0.6 is 22.9 Å². The maximum atomic E-state index is 12.3. The molecule has 0 spiro atoms. The molecule has 8 heteroatoms. The first-order valence-corrected chi connectivity index (χ1v) is 9.16. The molecule has 112 valence electrons. The largest absolute Gasteiger partial charge is 0.355 e. The molecular formula is C13H14ClN3O2S2. The molecule has 1 N–H and O–H groups in total. The standard InChI is InChI=1S/C13H14ClN3O2S2/c14-11-4-5-13(20-11)21(18,19)16-10-6-8-17(9-10)12-3-1-2-7-15-12/h1-5,7,10,16H,6,8-9H2/t10-/m1/s1. The van der Waals surface area contributed by atoms with Gasteiger partial charge in [0.25, 0.3) is 0 Å². The lowest BCUT2D eigenvalue weighted by Crippen LogP contribution is -2.36. The SMILES string of the molecule is O=S(=O)(N[C@@H]1CCN(c2ccccn2)C1)c1ccc(Cl)s1. The summed E-state index contributed by atoms with van der Waals surface area (Å²) in [6.07, 6.45) is 2.50. The van der Waals surface area contributed by atoms with E-state index in [4.69, 9.17) is 11.6 Å². The quantitative estimate of drug-likeness (QED) is 0.925. The molecule has 1 fully saturated rings. The second-order valence-electron chi connectivity index (χ2n) is 4.80. The van der Waals surface area contributed by atoms with E-state index in [1.165, 1.54) is 6.07 Å².